The minimum Gasteiger partial charge on any atom is -0.338 e. The van der Waals surface area contributed by atoms with Gasteiger partial charge in [-0.15, -0.1) is 6.58 Å². The fraction of sp³-hybridized carbons (Fsp3) is 0.500. The van der Waals surface area contributed by atoms with Gasteiger partial charge in [-0.05, 0) is 12.8 Å². The third kappa shape index (κ3) is 2.97. The van der Waals surface area contributed by atoms with Crippen molar-refractivity contribution < 1.29 is 0 Å². The molecule has 1 aromatic rings. The minimum atomic E-state index is 0.296. The number of nitrogens with zero attached hydrogens (tertiary/aromatic N) is 2. The number of nitrogens with two attached hydrogens (primary N) is 1. The molecule has 4 heteroatoms. The summed E-state index contributed by atoms with van der Waals surface area (Å²) >= 11 is 0. The van der Waals surface area contributed by atoms with E-state index in [1.807, 2.05) is 30.1 Å². The van der Waals surface area contributed by atoms with E-state index >= 15 is 0 Å². The maximum atomic E-state index is 5.41. The molecule has 78 valence electrons. The van der Waals surface area contributed by atoms with E-state index in [0.29, 0.717) is 6.04 Å². The quantitative estimate of drug-likeness (QED) is 0.399. The fourth-order valence-electron chi connectivity index (χ4n) is 1.41. The maximum Gasteiger partial charge on any atom is 0.108 e. The molecule has 1 atom stereocenters. The molecule has 1 aromatic heterocycles. The third-order valence-corrected chi connectivity index (χ3v) is 2.32. The molecular weight excluding hydrogens is 176 g/mol. The van der Waals surface area contributed by atoms with Crippen LogP contribution in [0.1, 0.15) is 18.7 Å². The summed E-state index contributed by atoms with van der Waals surface area (Å²) in [6, 6.07) is 0.296. The number of imidazole rings is 1. The molecule has 0 amide bonds. The van der Waals surface area contributed by atoms with Crippen molar-refractivity contribution in [1.29, 1.82) is 0 Å². The Morgan fingerprint density at radius 2 is 2.57 bits per heavy atom. The Labute approximate surface area is 84.8 Å². The lowest BCUT2D eigenvalue weighted by Gasteiger charge is -2.12. The number of rotatable bonds is 6. The van der Waals surface area contributed by atoms with Gasteiger partial charge in [-0.1, -0.05) is 6.08 Å². The van der Waals surface area contributed by atoms with Gasteiger partial charge in [-0.25, -0.2) is 4.98 Å². The first-order chi connectivity index (χ1) is 6.77. The highest BCUT2D eigenvalue weighted by Crippen LogP contribution is 2.04. The molecule has 0 radical (unpaired) electrons. The van der Waals surface area contributed by atoms with Crippen molar-refractivity contribution in [2.75, 3.05) is 0 Å². The molecule has 0 aliphatic carbocycles. The summed E-state index contributed by atoms with van der Waals surface area (Å²) in [5.74, 6) is 6.50. The predicted molar refractivity (Wildman–Crippen MR) is 57.5 cm³/mol. The number of nitrogens with one attached hydrogen (secondary N) is 1. The summed E-state index contributed by atoms with van der Waals surface area (Å²) in [4.78, 5) is 4.25. The lowest BCUT2D eigenvalue weighted by Crippen LogP contribution is -2.35. The Bertz CT molecular complexity index is 279. The number of hydrazine groups is 1. The molecular formula is C10H18N4. The molecule has 0 aromatic carbocycles. The molecule has 0 saturated heterocycles. The van der Waals surface area contributed by atoms with Crippen LogP contribution in [0, 0.1) is 0 Å². The molecule has 0 spiro atoms. The van der Waals surface area contributed by atoms with Crippen molar-refractivity contribution in [3.05, 3.63) is 30.9 Å². The summed E-state index contributed by atoms with van der Waals surface area (Å²) in [6.07, 6.45) is 8.45. The molecule has 0 bridgehead atoms. The molecule has 14 heavy (non-hydrogen) atoms. The molecule has 0 aliphatic heterocycles. The van der Waals surface area contributed by atoms with Gasteiger partial charge in [0.1, 0.15) is 5.82 Å². The van der Waals surface area contributed by atoms with Crippen LogP contribution in [0.2, 0.25) is 0 Å². The third-order valence-electron chi connectivity index (χ3n) is 2.32. The van der Waals surface area contributed by atoms with Crippen LogP contribution in [0.25, 0.3) is 0 Å². The Kier molecular flexibility index (Phi) is 4.35. The monoisotopic (exact) mass is 194 g/mol. The van der Waals surface area contributed by atoms with Crippen molar-refractivity contribution in [3.8, 4) is 0 Å². The first kappa shape index (κ1) is 10.9. The fourth-order valence-corrected chi connectivity index (χ4v) is 1.41. The molecule has 1 rings (SSSR count). The second-order valence-electron chi connectivity index (χ2n) is 3.38. The van der Waals surface area contributed by atoms with Gasteiger partial charge in [-0.2, -0.15) is 0 Å². The van der Waals surface area contributed by atoms with Gasteiger partial charge >= 0.3 is 0 Å². The molecule has 4 nitrogen and oxygen atoms in total. The Balaban J connectivity index is 2.39. The molecule has 0 saturated carbocycles. The molecule has 3 N–H and O–H groups in total. The van der Waals surface area contributed by atoms with Gasteiger partial charge in [0.15, 0.2) is 0 Å². The zero-order valence-corrected chi connectivity index (χ0v) is 8.61. The Morgan fingerprint density at radius 3 is 3.07 bits per heavy atom. The SMILES string of the molecule is C=CCC(CCc1nccn1C)NN. The first-order valence-electron chi connectivity index (χ1n) is 4.81. The highest BCUT2D eigenvalue weighted by atomic mass is 15.2. The summed E-state index contributed by atoms with van der Waals surface area (Å²) in [7, 11) is 2.00. The molecule has 0 fully saturated rings. The minimum absolute atomic E-state index is 0.296. The van der Waals surface area contributed by atoms with Crippen LogP contribution in [-0.2, 0) is 13.5 Å². The first-order valence-corrected chi connectivity index (χ1v) is 4.81. The standard InChI is InChI=1S/C10H18N4/c1-3-4-9(13-11)5-6-10-12-7-8-14(10)2/h3,7-9,13H,1,4-6,11H2,2H3. The van der Waals surface area contributed by atoms with Gasteiger partial charge in [0.2, 0.25) is 0 Å². The highest BCUT2D eigenvalue weighted by molar-refractivity contribution is 4.92. The van der Waals surface area contributed by atoms with Gasteiger partial charge in [0.25, 0.3) is 0 Å². The van der Waals surface area contributed by atoms with E-state index in [2.05, 4.69) is 17.0 Å². The van der Waals surface area contributed by atoms with Crippen molar-refractivity contribution in [1.82, 2.24) is 15.0 Å². The van der Waals surface area contributed by atoms with Crippen molar-refractivity contribution >= 4 is 0 Å². The summed E-state index contributed by atoms with van der Waals surface area (Å²) in [5, 5.41) is 0. The lowest BCUT2D eigenvalue weighted by molar-refractivity contribution is 0.490. The maximum absolute atomic E-state index is 5.41. The van der Waals surface area contributed by atoms with Crippen LogP contribution >= 0.6 is 0 Å². The van der Waals surface area contributed by atoms with E-state index in [4.69, 9.17) is 5.84 Å². The number of aryl methyl sites for hydroxylation is 2. The van der Waals surface area contributed by atoms with Gasteiger partial charge < -0.3 is 4.57 Å². The van der Waals surface area contributed by atoms with Gasteiger partial charge in [0, 0.05) is 31.9 Å². The zero-order valence-electron chi connectivity index (χ0n) is 8.61. The van der Waals surface area contributed by atoms with Crippen LogP contribution in [0.15, 0.2) is 25.0 Å². The Hall–Kier alpha value is -1.13. The van der Waals surface area contributed by atoms with Crippen molar-refractivity contribution in [2.24, 2.45) is 12.9 Å². The number of hydrogen-bond acceptors (Lipinski definition) is 3. The van der Waals surface area contributed by atoms with Crippen molar-refractivity contribution in [3.63, 3.8) is 0 Å². The van der Waals surface area contributed by atoms with Crippen molar-refractivity contribution in [2.45, 2.75) is 25.3 Å². The average Bonchev–Trinajstić information content (AvgIpc) is 2.59. The van der Waals surface area contributed by atoms with Gasteiger partial charge in [-0.3, -0.25) is 11.3 Å². The topological polar surface area (TPSA) is 55.9 Å². The predicted octanol–water partition coefficient (Wildman–Crippen LogP) is 0.761. The Morgan fingerprint density at radius 1 is 1.79 bits per heavy atom. The second-order valence-corrected chi connectivity index (χ2v) is 3.38. The number of aromatic nitrogens is 2. The van der Waals surface area contributed by atoms with E-state index in [0.717, 1.165) is 25.1 Å². The molecule has 1 heterocycles. The van der Waals surface area contributed by atoms with Crippen LogP contribution in [-0.4, -0.2) is 15.6 Å². The van der Waals surface area contributed by atoms with E-state index in [-0.39, 0.29) is 0 Å². The van der Waals surface area contributed by atoms with Crippen LogP contribution < -0.4 is 11.3 Å². The van der Waals surface area contributed by atoms with Crippen LogP contribution in [0.5, 0.6) is 0 Å². The van der Waals surface area contributed by atoms with E-state index in [9.17, 15) is 0 Å². The average molecular weight is 194 g/mol. The number of hydrogen-bond donors (Lipinski definition) is 2. The lowest BCUT2D eigenvalue weighted by atomic mass is 10.1. The van der Waals surface area contributed by atoms with Gasteiger partial charge in [0.05, 0.1) is 0 Å². The summed E-state index contributed by atoms with van der Waals surface area (Å²) in [5.41, 5.74) is 2.78. The smallest absolute Gasteiger partial charge is 0.108 e. The largest absolute Gasteiger partial charge is 0.338 e. The van der Waals surface area contributed by atoms with Crippen LogP contribution in [0.4, 0.5) is 0 Å². The molecule has 0 aliphatic rings. The summed E-state index contributed by atoms with van der Waals surface area (Å²) in [6.45, 7) is 3.69. The van der Waals surface area contributed by atoms with Crippen LogP contribution in [0.3, 0.4) is 0 Å². The second kappa shape index (κ2) is 5.57. The highest BCUT2D eigenvalue weighted by Gasteiger charge is 2.06. The normalized spacial score (nSPS) is 12.7. The van der Waals surface area contributed by atoms with E-state index in [1.165, 1.54) is 0 Å². The van der Waals surface area contributed by atoms with E-state index in [1.54, 1.807) is 0 Å². The molecule has 1 unspecified atom stereocenters. The summed E-state index contributed by atoms with van der Waals surface area (Å²) < 4.78 is 2.03. The zero-order chi connectivity index (χ0) is 10.4. The van der Waals surface area contributed by atoms with E-state index < -0.39 is 0 Å².